The number of imidazole rings is 2. The van der Waals surface area contributed by atoms with Crippen LogP contribution < -0.4 is 14.2 Å². The summed E-state index contributed by atoms with van der Waals surface area (Å²) in [6.45, 7) is 1.59. The highest BCUT2D eigenvalue weighted by molar-refractivity contribution is 5.86. The van der Waals surface area contributed by atoms with Crippen molar-refractivity contribution < 1.29 is 39.1 Å². The molecule has 0 radical (unpaired) electrons. The van der Waals surface area contributed by atoms with Gasteiger partial charge in [-0.25, -0.2) is 9.97 Å². The maximum Gasteiger partial charge on any atom is 0.303 e. The number of nitrogens with zero attached hydrogens (tertiary/aromatic N) is 4. The molecule has 0 aliphatic rings. The van der Waals surface area contributed by atoms with E-state index in [0.29, 0.717) is 32.7 Å². The van der Waals surface area contributed by atoms with Crippen LogP contribution in [-0.4, -0.2) is 59.6 Å². The summed E-state index contributed by atoms with van der Waals surface area (Å²) < 4.78 is 22.1. The molecule has 0 bridgehead atoms. The highest BCUT2D eigenvalue weighted by atomic mass is 16.5. The third-order valence-corrected chi connectivity index (χ3v) is 11.4. The second kappa shape index (κ2) is 23.4. The van der Waals surface area contributed by atoms with Gasteiger partial charge in [-0.05, 0) is 117 Å². The van der Waals surface area contributed by atoms with Gasteiger partial charge in [0.25, 0.3) is 0 Å². The molecular weight excluding hydrogens is 869 g/mol. The molecule has 69 heavy (non-hydrogen) atoms. The number of hydrogen-bond acceptors (Lipinski definition) is 8. The highest BCUT2D eigenvalue weighted by Gasteiger charge is 2.17. The molecule has 2 aromatic heterocycles. The summed E-state index contributed by atoms with van der Waals surface area (Å²) in [4.78, 5) is 31.1. The minimum absolute atomic E-state index is 0.194. The number of phenols is 1. The number of aromatic hydroxyl groups is 1. The standard InChI is InChI=1S/C32H30N2O4.C25H24N2O4/c35-31(36)14-8-3-9-21-37-28-19-20-29-30(22-28)34(32(33-29)25-12-6-2-7-13-25)26-15-17-27(18-16-26)38-23-24-10-4-1-5-11-24;28-20-12-10-19(11-13-20)27-23-17-21(31-16-6-2-5-9-24(29)30)14-15-22(23)26-25(27)18-7-3-1-4-8-18/h1-2,4-7,10-13,15-20,22H,3,8-9,14,21,23H2,(H,35,36);1,3-4,7-8,10-15,17,28H,2,5-6,9,16H2,(H,29,30). The van der Waals surface area contributed by atoms with Crippen LogP contribution in [0.3, 0.4) is 0 Å². The van der Waals surface area contributed by atoms with Crippen molar-refractivity contribution in [3.63, 3.8) is 0 Å². The summed E-state index contributed by atoms with van der Waals surface area (Å²) in [6, 6.07) is 57.1. The van der Waals surface area contributed by atoms with Crippen LogP contribution in [0, 0.1) is 0 Å². The number of benzene rings is 7. The van der Waals surface area contributed by atoms with Gasteiger partial charge in [-0.15, -0.1) is 0 Å². The second-order valence-electron chi connectivity index (χ2n) is 16.5. The Morgan fingerprint density at radius 3 is 1.32 bits per heavy atom. The Bertz CT molecular complexity index is 3060. The first kappa shape index (κ1) is 47.1. The minimum Gasteiger partial charge on any atom is -0.508 e. The molecule has 0 fully saturated rings. The van der Waals surface area contributed by atoms with Gasteiger partial charge in [0.2, 0.25) is 0 Å². The van der Waals surface area contributed by atoms with Crippen LogP contribution >= 0.6 is 0 Å². The number of unbranched alkanes of at least 4 members (excludes halogenated alkanes) is 4. The van der Waals surface area contributed by atoms with E-state index in [2.05, 4.69) is 21.3 Å². The molecule has 0 saturated heterocycles. The molecule has 0 spiro atoms. The van der Waals surface area contributed by atoms with Crippen molar-refractivity contribution in [2.24, 2.45) is 0 Å². The molecule has 2 heterocycles. The van der Waals surface area contributed by atoms with Gasteiger partial charge in [-0.3, -0.25) is 18.7 Å². The summed E-state index contributed by atoms with van der Waals surface area (Å²) in [5.74, 6) is 2.66. The topological polar surface area (TPSA) is 158 Å². The second-order valence-corrected chi connectivity index (χ2v) is 16.5. The monoisotopic (exact) mass is 922 g/mol. The van der Waals surface area contributed by atoms with Crippen molar-refractivity contribution in [1.82, 2.24) is 19.1 Å². The Morgan fingerprint density at radius 2 is 0.870 bits per heavy atom. The number of fused-ring (bicyclic) bond motifs is 2. The van der Waals surface area contributed by atoms with Crippen molar-refractivity contribution in [3.05, 3.63) is 181 Å². The van der Waals surface area contributed by atoms with E-state index >= 15 is 0 Å². The summed E-state index contributed by atoms with van der Waals surface area (Å²) in [6.07, 6.45) is 4.97. The van der Waals surface area contributed by atoms with Crippen LogP contribution in [-0.2, 0) is 16.2 Å². The van der Waals surface area contributed by atoms with Crippen LogP contribution in [0.25, 0.3) is 56.2 Å². The van der Waals surface area contributed by atoms with Crippen LogP contribution in [0.5, 0.6) is 23.0 Å². The zero-order chi connectivity index (χ0) is 47.8. The SMILES string of the molecule is O=C(O)CCCCCOc1ccc2nc(-c3ccccc3)n(-c3ccc(O)cc3)c2c1.O=C(O)CCCCCOc1ccc2nc(-c3ccccc3)n(-c3ccc(OCc4ccccc4)cc3)c2c1. The molecule has 350 valence electrons. The fourth-order valence-corrected chi connectivity index (χ4v) is 7.90. The van der Waals surface area contributed by atoms with Gasteiger partial charge in [0.05, 0.1) is 35.3 Å². The molecule has 0 saturated carbocycles. The first-order valence-corrected chi connectivity index (χ1v) is 23.2. The van der Waals surface area contributed by atoms with E-state index in [1.807, 2.05) is 152 Å². The molecule has 7 aromatic carbocycles. The number of carboxylic acids is 2. The Morgan fingerprint density at radius 1 is 0.449 bits per heavy atom. The normalized spacial score (nSPS) is 11.0. The lowest BCUT2D eigenvalue weighted by Crippen LogP contribution is -2.00. The van der Waals surface area contributed by atoms with Gasteiger partial charge in [-0.1, -0.05) is 91.0 Å². The number of ether oxygens (including phenoxy) is 3. The Labute approximate surface area is 400 Å². The molecule has 3 N–H and O–H groups in total. The minimum atomic E-state index is -0.761. The lowest BCUT2D eigenvalue weighted by atomic mass is 10.2. The predicted molar refractivity (Wildman–Crippen MR) is 269 cm³/mol. The average Bonchev–Trinajstić information content (AvgIpc) is 3.95. The average molecular weight is 923 g/mol. The van der Waals surface area contributed by atoms with Gasteiger partial charge < -0.3 is 29.5 Å². The Hall–Kier alpha value is -8.38. The zero-order valence-electron chi connectivity index (χ0n) is 38.2. The van der Waals surface area contributed by atoms with Crippen molar-refractivity contribution in [1.29, 1.82) is 0 Å². The summed E-state index contributed by atoms with van der Waals surface area (Å²) in [7, 11) is 0. The van der Waals surface area contributed by atoms with E-state index in [4.69, 9.17) is 34.4 Å². The first-order chi connectivity index (χ1) is 33.8. The maximum absolute atomic E-state index is 10.7. The van der Waals surface area contributed by atoms with Gasteiger partial charge in [-0.2, -0.15) is 0 Å². The molecule has 12 nitrogen and oxygen atoms in total. The lowest BCUT2D eigenvalue weighted by Gasteiger charge is -2.12. The molecule has 0 aliphatic carbocycles. The number of hydrogen-bond donors (Lipinski definition) is 3. The highest BCUT2D eigenvalue weighted by Crippen LogP contribution is 2.33. The predicted octanol–water partition coefficient (Wildman–Crippen LogP) is 12.7. The van der Waals surface area contributed by atoms with Gasteiger partial charge in [0.15, 0.2) is 0 Å². The van der Waals surface area contributed by atoms with E-state index in [1.165, 1.54) is 0 Å². The maximum atomic E-state index is 10.7. The van der Waals surface area contributed by atoms with E-state index in [9.17, 15) is 14.7 Å². The molecule has 9 aromatic rings. The fraction of sp³-hybridized carbons (Fsp3) is 0.193. The van der Waals surface area contributed by atoms with Crippen molar-refractivity contribution in [3.8, 4) is 57.1 Å². The van der Waals surface area contributed by atoms with Crippen LogP contribution in [0.1, 0.15) is 56.9 Å². The summed E-state index contributed by atoms with van der Waals surface area (Å²) in [5.41, 5.74) is 8.59. The number of phenolic OH excluding ortho intramolecular Hbond substituents is 1. The van der Waals surface area contributed by atoms with Crippen LogP contribution in [0.4, 0.5) is 0 Å². The van der Waals surface area contributed by atoms with Crippen molar-refractivity contribution in [2.75, 3.05) is 13.2 Å². The van der Waals surface area contributed by atoms with Crippen LogP contribution in [0.2, 0.25) is 0 Å². The van der Waals surface area contributed by atoms with Crippen LogP contribution in [0.15, 0.2) is 176 Å². The third kappa shape index (κ3) is 12.7. The van der Waals surface area contributed by atoms with E-state index in [0.717, 1.165) is 105 Å². The quantitative estimate of drug-likeness (QED) is 0.0592. The van der Waals surface area contributed by atoms with Crippen molar-refractivity contribution >= 4 is 34.0 Å². The number of rotatable bonds is 21. The van der Waals surface area contributed by atoms with E-state index in [-0.39, 0.29) is 18.6 Å². The number of carboxylic acid groups (broad SMARTS) is 2. The van der Waals surface area contributed by atoms with E-state index in [1.54, 1.807) is 12.1 Å². The Balaban J connectivity index is 0.000000190. The van der Waals surface area contributed by atoms with E-state index < -0.39 is 11.9 Å². The first-order valence-electron chi connectivity index (χ1n) is 23.2. The van der Waals surface area contributed by atoms with Gasteiger partial charge in [0, 0.05) is 47.5 Å². The fourth-order valence-electron chi connectivity index (χ4n) is 7.90. The summed E-state index contributed by atoms with van der Waals surface area (Å²) >= 11 is 0. The lowest BCUT2D eigenvalue weighted by molar-refractivity contribution is -0.138. The molecule has 0 aliphatic heterocycles. The molecule has 0 unspecified atom stereocenters. The summed E-state index contributed by atoms with van der Waals surface area (Å²) in [5, 5.41) is 27.2. The van der Waals surface area contributed by atoms with Gasteiger partial charge >= 0.3 is 11.9 Å². The van der Waals surface area contributed by atoms with Gasteiger partial charge in [0.1, 0.15) is 41.3 Å². The molecule has 12 heteroatoms. The molecule has 0 atom stereocenters. The largest absolute Gasteiger partial charge is 0.508 e. The number of aliphatic carboxylic acids is 2. The Kier molecular flexibility index (Phi) is 16.0. The smallest absolute Gasteiger partial charge is 0.303 e. The van der Waals surface area contributed by atoms with Crippen molar-refractivity contribution in [2.45, 2.75) is 58.0 Å². The zero-order valence-corrected chi connectivity index (χ0v) is 38.2. The molecule has 9 rings (SSSR count). The molecule has 0 amide bonds. The molecular formula is C57H54N4O8. The third-order valence-electron chi connectivity index (χ3n) is 11.4. The number of carbonyl (C=O) groups is 2. The number of aromatic nitrogens is 4.